The fourth-order valence-electron chi connectivity index (χ4n) is 4.62. The third-order valence-electron chi connectivity index (χ3n) is 6.50. The van der Waals surface area contributed by atoms with Gasteiger partial charge in [-0.3, -0.25) is 14.6 Å². The molecule has 0 spiro atoms. The third-order valence-corrected chi connectivity index (χ3v) is 6.50. The summed E-state index contributed by atoms with van der Waals surface area (Å²) in [6, 6.07) is 22.9. The van der Waals surface area contributed by atoms with E-state index in [2.05, 4.69) is 10.3 Å². The van der Waals surface area contributed by atoms with Crippen molar-refractivity contribution in [2.24, 2.45) is 0 Å². The van der Waals surface area contributed by atoms with Gasteiger partial charge in [0, 0.05) is 29.2 Å². The van der Waals surface area contributed by atoms with Crippen molar-refractivity contribution in [3.8, 4) is 5.75 Å². The molecule has 3 heterocycles. The van der Waals surface area contributed by atoms with E-state index in [4.69, 9.17) is 4.74 Å². The van der Waals surface area contributed by atoms with Crippen LogP contribution in [-0.2, 0) is 24.4 Å². The van der Waals surface area contributed by atoms with Crippen molar-refractivity contribution >= 4 is 22.7 Å². The Balaban J connectivity index is 1.52. The van der Waals surface area contributed by atoms with Crippen LogP contribution in [0, 0.1) is 0 Å². The summed E-state index contributed by atoms with van der Waals surface area (Å²) in [6.45, 7) is 2.69. The number of rotatable bonds is 6. The molecule has 1 N–H and O–H groups in total. The summed E-state index contributed by atoms with van der Waals surface area (Å²) in [6.07, 6.45) is 1.69. The summed E-state index contributed by atoms with van der Waals surface area (Å²) in [5.74, 6) is 0.283. The first kappa shape index (κ1) is 21.7. The zero-order chi connectivity index (χ0) is 23.7. The van der Waals surface area contributed by atoms with E-state index in [1.54, 1.807) is 18.2 Å². The van der Waals surface area contributed by atoms with Crippen LogP contribution in [-0.4, -0.2) is 38.9 Å². The quantitative estimate of drug-likeness (QED) is 0.481. The molecular formula is C27H26N4O3. The van der Waals surface area contributed by atoms with Crippen LogP contribution in [0.3, 0.4) is 0 Å². The first-order valence-corrected chi connectivity index (χ1v) is 11.2. The van der Waals surface area contributed by atoms with Gasteiger partial charge >= 0.3 is 0 Å². The van der Waals surface area contributed by atoms with Crippen molar-refractivity contribution in [2.75, 3.05) is 7.11 Å². The van der Waals surface area contributed by atoms with Crippen molar-refractivity contribution in [2.45, 2.75) is 32.1 Å². The molecule has 1 aliphatic rings. The summed E-state index contributed by atoms with van der Waals surface area (Å²) in [7, 11) is 1.61. The second-order valence-electron chi connectivity index (χ2n) is 8.66. The molecule has 0 saturated carbocycles. The number of para-hydroxylation sites is 2. The molecule has 5 rings (SSSR count). The van der Waals surface area contributed by atoms with E-state index in [0.29, 0.717) is 24.5 Å². The fraction of sp³-hybridized carbons (Fsp3) is 0.222. The van der Waals surface area contributed by atoms with Crippen LogP contribution in [0.15, 0.2) is 79.0 Å². The van der Waals surface area contributed by atoms with Gasteiger partial charge in [-0.2, -0.15) is 0 Å². The van der Waals surface area contributed by atoms with Gasteiger partial charge in [0.1, 0.15) is 17.0 Å². The van der Waals surface area contributed by atoms with Crippen LogP contribution in [0.5, 0.6) is 5.75 Å². The smallest absolute Gasteiger partial charge is 0.271 e. The number of carbonyl (C=O) groups is 2. The predicted molar refractivity (Wildman–Crippen MR) is 129 cm³/mol. The first-order valence-electron chi connectivity index (χ1n) is 11.2. The number of nitrogens with one attached hydrogen (secondary N) is 1. The lowest BCUT2D eigenvalue weighted by Gasteiger charge is -2.44. The normalized spacial score (nSPS) is 17.5. The van der Waals surface area contributed by atoms with Gasteiger partial charge in [-0.05, 0) is 37.3 Å². The van der Waals surface area contributed by atoms with Gasteiger partial charge in [0.2, 0.25) is 5.91 Å². The number of nitrogens with zero attached hydrogens (tertiary/aromatic N) is 3. The molecule has 0 bridgehead atoms. The van der Waals surface area contributed by atoms with E-state index in [9.17, 15) is 9.59 Å². The summed E-state index contributed by atoms with van der Waals surface area (Å²) in [5.41, 5.74) is 1.99. The monoisotopic (exact) mass is 454 g/mol. The van der Waals surface area contributed by atoms with Gasteiger partial charge in [0.15, 0.2) is 0 Å². The molecule has 1 atom stereocenters. The van der Waals surface area contributed by atoms with E-state index in [1.807, 2.05) is 84.3 Å². The Bertz CT molecular complexity index is 1360. The summed E-state index contributed by atoms with van der Waals surface area (Å²) in [5, 5.41) is 4.02. The standard InChI is InChI=1S/C27H26N4O3/c1-27(26(33)29-16-20-10-4-6-13-24(20)34-2)18-30-22-12-5-3-9-19(22)15-23(30)25(32)31(27)17-21-11-7-8-14-28-21/h3-15H,16-18H2,1-2H3,(H,29,33)/t27-/m0/s1. The number of hydrogen-bond donors (Lipinski definition) is 1. The Hall–Kier alpha value is -4.13. The number of fused-ring (bicyclic) bond motifs is 3. The van der Waals surface area contributed by atoms with Crippen LogP contribution in [0.25, 0.3) is 10.9 Å². The molecule has 172 valence electrons. The Labute approximate surface area is 198 Å². The molecule has 2 aromatic carbocycles. The van der Waals surface area contributed by atoms with Crippen molar-refractivity contribution in [3.63, 3.8) is 0 Å². The Morgan fingerprint density at radius 1 is 1.09 bits per heavy atom. The highest BCUT2D eigenvalue weighted by atomic mass is 16.5. The van der Waals surface area contributed by atoms with Crippen LogP contribution in [0.1, 0.15) is 28.7 Å². The van der Waals surface area contributed by atoms with Gasteiger partial charge in [0.05, 0.1) is 25.9 Å². The lowest BCUT2D eigenvalue weighted by Crippen LogP contribution is -2.63. The maximum atomic E-state index is 13.8. The Kier molecular flexibility index (Phi) is 5.53. The zero-order valence-corrected chi connectivity index (χ0v) is 19.2. The van der Waals surface area contributed by atoms with E-state index in [1.165, 1.54) is 0 Å². The maximum Gasteiger partial charge on any atom is 0.271 e. The maximum absolute atomic E-state index is 13.8. The molecule has 2 amide bonds. The number of hydrogen-bond acceptors (Lipinski definition) is 4. The number of pyridine rings is 1. The number of benzene rings is 2. The minimum absolute atomic E-state index is 0.192. The second kappa shape index (κ2) is 8.67. The van der Waals surface area contributed by atoms with E-state index < -0.39 is 5.54 Å². The van der Waals surface area contributed by atoms with Gasteiger partial charge in [-0.15, -0.1) is 0 Å². The Morgan fingerprint density at radius 3 is 2.65 bits per heavy atom. The van der Waals surface area contributed by atoms with Gasteiger partial charge in [-0.25, -0.2) is 0 Å². The van der Waals surface area contributed by atoms with Gasteiger partial charge in [0.25, 0.3) is 5.91 Å². The predicted octanol–water partition coefficient (Wildman–Crippen LogP) is 3.78. The zero-order valence-electron chi connectivity index (χ0n) is 19.2. The molecular weight excluding hydrogens is 428 g/mol. The first-order chi connectivity index (χ1) is 16.5. The average molecular weight is 455 g/mol. The molecule has 0 saturated heterocycles. The summed E-state index contributed by atoms with van der Waals surface area (Å²) >= 11 is 0. The molecule has 34 heavy (non-hydrogen) atoms. The molecule has 0 radical (unpaired) electrons. The molecule has 7 nitrogen and oxygen atoms in total. The Morgan fingerprint density at radius 2 is 1.85 bits per heavy atom. The number of amides is 2. The van der Waals surface area contributed by atoms with Crippen molar-refractivity contribution in [3.05, 3.63) is 95.9 Å². The summed E-state index contributed by atoms with van der Waals surface area (Å²) < 4.78 is 7.38. The topological polar surface area (TPSA) is 76.5 Å². The van der Waals surface area contributed by atoms with Gasteiger partial charge < -0.3 is 19.5 Å². The fourth-order valence-corrected chi connectivity index (χ4v) is 4.62. The van der Waals surface area contributed by atoms with Crippen molar-refractivity contribution < 1.29 is 14.3 Å². The molecule has 0 aliphatic carbocycles. The highest BCUT2D eigenvalue weighted by molar-refractivity contribution is 6.03. The second-order valence-corrected chi connectivity index (χ2v) is 8.66. The largest absolute Gasteiger partial charge is 0.496 e. The van der Waals surface area contributed by atoms with Crippen molar-refractivity contribution in [1.82, 2.24) is 19.8 Å². The molecule has 4 aromatic rings. The lowest BCUT2D eigenvalue weighted by molar-refractivity contribution is -0.133. The molecule has 7 heteroatoms. The minimum Gasteiger partial charge on any atom is -0.496 e. The molecule has 2 aromatic heterocycles. The lowest BCUT2D eigenvalue weighted by atomic mass is 9.94. The SMILES string of the molecule is COc1ccccc1CNC(=O)[C@]1(C)Cn2c(cc3ccccc32)C(=O)N1Cc1ccccn1. The van der Waals surface area contributed by atoms with Crippen molar-refractivity contribution in [1.29, 1.82) is 0 Å². The van der Waals surface area contributed by atoms with Gasteiger partial charge in [-0.1, -0.05) is 42.5 Å². The van der Waals surface area contributed by atoms with E-state index >= 15 is 0 Å². The number of carbonyl (C=O) groups excluding carboxylic acids is 2. The highest BCUT2D eigenvalue weighted by Gasteiger charge is 2.47. The van der Waals surface area contributed by atoms with Crippen LogP contribution in [0.2, 0.25) is 0 Å². The minimum atomic E-state index is -1.12. The van der Waals surface area contributed by atoms with Crippen LogP contribution < -0.4 is 10.1 Å². The highest BCUT2D eigenvalue weighted by Crippen LogP contribution is 2.33. The number of ether oxygens (including phenoxy) is 1. The summed E-state index contributed by atoms with van der Waals surface area (Å²) in [4.78, 5) is 33.5. The molecule has 0 fully saturated rings. The number of aromatic nitrogens is 2. The van der Waals surface area contributed by atoms with E-state index in [0.717, 1.165) is 22.2 Å². The molecule has 0 unspecified atom stereocenters. The van der Waals surface area contributed by atoms with Crippen LogP contribution in [0.4, 0.5) is 0 Å². The molecule has 1 aliphatic heterocycles. The van der Waals surface area contributed by atoms with Crippen LogP contribution >= 0.6 is 0 Å². The average Bonchev–Trinajstić information content (AvgIpc) is 3.24. The van der Waals surface area contributed by atoms with E-state index in [-0.39, 0.29) is 18.4 Å². The third kappa shape index (κ3) is 3.69. The number of methoxy groups -OCH3 is 1.